The van der Waals surface area contributed by atoms with Crippen LogP contribution in [0, 0.1) is 5.41 Å². The Morgan fingerprint density at radius 1 is 1.21 bits per heavy atom. The topological polar surface area (TPSA) is 29.5 Å². The van der Waals surface area contributed by atoms with E-state index in [0.717, 1.165) is 18.4 Å². The van der Waals surface area contributed by atoms with Crippen LogP contribution in [0.1, 0.15) is 32.3 Å². The van der Waals surface area contributed by atoms with Crippen LogP contribution in [0.25, 0.3) is 0 Å². The van der Waals surface area contributed by atoms with Gasteiger partial charge in [0, 0.05) is 6.42 Å². The molecule has 1 aliphatic carbocycles. The third kappa shape index (κ3) is 3.41. The maximum atomic E-state index is 12.0. The lowest BCUT2D eigenvalue weighted by atomic mass is 9.82. The first-order valence-corrected chi connectivity index (χ1v) is 6.18. The second-order valence-corrected chi connectivity index (χ2v) is 5.70. The first-order valence-electron chi connectivity index (χ1n) is 6.18. The van der Waals surface area contributed by atoms with Crippen molar-refractivity contribution in [2.24, 2.45) is 5.41 Å². The smallest absolute Gasteiger partial charge is 0.406 e. The van der Waals surface area contributed by atoms with Crippen molar-refractivity contribution in [2.75, 3.05) is 0 Å². The van der Waals surface area contributed by atoms with Gasteiger partial charge in [0.25, 0.3) is 0 Å². The molecule has 1 N–H and O–H groups in total. The van der Waals surface area contributed by atoms with Crippen molar-refractivity contribution in [1.29, 1.82) is 0 Å². The van der Waals surface area contributed by atoms with Gasteiger partial charge in [-0.25, -0.2) is 0 Å². The van der Waals surface area contributed by atoms with Gasteiger partial charge in [0.05, 0.1) is 5.60 Å². The van der Waals surface area contributed by atoms with Crippen LogP contribution in [0.4, 0.5) is 13.2 Å². The molecule has 106 valence electrons. The summed E-state index contributed by atoms with van der Waals surface area (Å²) in [6.45, 7) is 3.80. The summed E-state index contributed by atoms with van der Waals surface area (Å²) in [4.78, 5) is 0. The van der Waals surface area contributed by atoms with Gasteiger partial charge in [-0.2, -0.15) is 0 Å². The number of ether oxygens (including phenoxy) is 1. The van der Waals surface area contributed by atoms with E-state index in [1.807, 2.05) is 6.92 Å². The lowest BCUT2D eigenvalue weighted by molar-refractivity contribution is -0.274. The van der Waals surface area contributed by atoms with Crippen molar-refractivity contribution < 1.29 is 23.0 Å². The Morgan fingerprint density at radius 2 is 1.74 bits per heavy atom. The summed E-state index contributed by atoms with van der Waals surface area (Å²) >= 11 is 0. The highest BCUT2D eigenvalue weighted by Gasteiger charge is 2.51. The zero-order chi connectivity index (χ0) is 14.3. The summed E-state index contributed by atoms with van der Waals surface area (Å²) in [6, 6.07) is 5.66. The molecule has 0 spiro atoms. The molecule has 19 heavy (non-hydrogen) atoms. The molecule has 0 amide bonds. The molecule has 0 bridgehead atoms. The van der Waals surface area contributed by atoms with Crippen LogP contribution in [-0.4, -0.2) is 17.1 Å². The number of halogens is 3. The predicted octanol–water partition coefficient (Wildman–Crippen LogP) is 3.68. The lowest BCUT2D eigenvalue weighted by Crippen LogP contribution is -2.36. The number of rotatable bonds is 4. The highest BCUT2D eigenvalue weighted by molar-refractivity contribution is 5.29. The quantitative estimate of drug-likeness (QED) is 0.907. The Kier molecular flexibility index (Phi) is 3.29. The zero-order valence-electron chi connectivity index (χ0n) is 10.9. The minimum Gasteiger partial charge on any atom is -0.406 e. The fourth-order valence-corrected chi connectivity index (χ4v) is 2.15. The Morgan fingerprint density at radius 3 is 2.16 bits per heavy atom. The third-order valence-electron chi connectivity index (χ3n) is 4.01. The van der Waals surface area contributed by atoms with Gasteiger partial charge in [-0.15, -0.1) is 13.2 Å². The summed E-state index contributed by atoms with van der Waals surface area (Å²) in [6.07, 6.45) is -2.28. The number of aliphatic hydroxyl groups is 1. The maximum Gasteiger partial charge on any atom is 0.573 e. The highest BCUT2D eigenvalue weighted by Crippen LogP contribution is 2.54. The molecule has 1 aromatic carbocycles. The number of hydrogen-bond acceptors (Lipinski definition) is 2. The van der Waals surface area contributed by atoms with Crippen molar-refractivity contribution in [1.82, 2.24) is 0 Å². The SMILES string of the molecule is CC(O)(Cc1ccc(OC(F)(F)F)cc1)C1(C)CC1. The molecule has 0 aromatic heterocycles. The molecule has 0 radical (unpaired) electrons. The fourth-order valence-electron chi connectivity index (χ4n) is 2.15. The molecular formula is C14H17F3O2. The van der Waals surface area contributed by atoms with Gasteiger partial charge in [-0.1, -0.05) is 19.1 Å². The molecule has 1 aromatic rings. The summed E-state index contributed by atoms with van der Waals surface area (Å²) in [5.74, 6) is -0.242. The van der Waals surface area contributed by atoms with E-state index in [1.165, 1.54) is 12.1 Å². The van der Waals surface area contributed by atoms with Crippen molar-refractivity contribution in [3.05, 3.63) is 29.8 Å². The molecule has 1 atom stereocenters. The number of benzene rings is 1. The van der Waals surface area contributed by atoms with Gasteiger partial charge in [0.1, 0.15) is 5.75 Å². The summed E-state index contributed by atoms with van der Waals surface area (Å²) in [5.41, 5.74) is -0.110. The standard InChI is InChI=1S/C14H17F3O2/c1-12(7-8-12)13(2,18)9-10-3-5-11(6-4-10)19-14(15,16)17/h3-6,18H,7-9H2,1-2H3. The summed E-state index contributed by atoms with van der Waals surface area (Å²) < 4.78 is 39.8. The van der Waals surface area contributed by atoms with E-state index in [0.29, 0.717) is 6.42 Å². The van der Waals surface area contributed by atoms with E-state index < -0.39 is 12.0 Å². The van der Waals surface area contributed by atoms with Crippen molar-refractivity contribution >= 4 is 0 Å². The Balaban J connectivity index is 2.03. The molecular weight excluding hydrogens is 257 g/mol. The van der Waals surface area contributed by atoms with Crippen LogP contribution in [0.2, 0.25) is 0 Å². The minimum atomic E-state index is -4.67. The fraction of sp³-hybridized carbons (Fsp3) is 0.571. The Bertz CT molecular complexity index is 445. The lowest BCUT2D eigenvalue weighted by Gasteiger charge is -2.30. The van der Waals surface area contributed by atoms with Crippen molar-refractivity contribution in [3.8, 4) is 5.75 Å². The number of alkyl halides is 3. The molecule has 0 aliphatic heterocycles. The van der Waals surface area contributed by atoms with Crippen molar-refractivity contribution in [2.45, 2.75) is 45.1 Å². The average Bonchev–Trinajstić information content (AvgIpc) is 2.99. The Labute approximate surface area is 110 Å². The number of hydrogen-bond donors (Lipinski definition) is 1. The molecule has 1 unspecified atom stereocenters. The molecule has 1 fully saturated rings. The molecule has 2 rings (SSSR count). The van der Waals surface area contributed by atoms with Gasteiger partial charge in [0.15, 0.2) is 0 Å². The first-order chi connectivity index (χ1) is 8.61. The highest BCUT2D eigenvalue weighted by atomic mass is 19.4. The van der Waals surface area contributed by atoms with Crippen LogP contribution >= 0.6 is 0 Å². The zero-order valence-corrected chi connectivity index (χ0v) is 10.9. The molecule has 1 saturated carbocycles. The van der Waals surface area contributed by atoms with E-state index >= 15 is 0 Å². The van der Waals surface area contributed by atoms with E-state index in [-0.39, 0.29) is 11.2 Å². The van der Waals surface area contributed by atoms with E-state index in [1.54, 1.807) is 19.1 Å². The maximum absolute atomic E-state index is 12.0. The van der Waals surface area contributed by atoms with E-state index in [2.05, 4.69) is 4.74 Å². The minimum absolute atomic E-state index is 0.0753. The van der Waals surface area contributed by atoms with Gasteiger partial charge in [-0.3, -0.25) is 0 Å². The Hall–Kier alpha value is -1.23. The molecule has 0 saturated heterocycles. The van der Waals surface area contributed by atoms with Gasteiger partial charge >= 0.3 is 6.36 Å². The van der Waals surface area contributed by atoms with Crippen LogP contribution < -0.4 is 4.74 Å². The van der Waals surface area contributed by atoms with Gasteiger partial charge < -0.3 is 9.84 Å². The van der Waals surface area contributed by atoms with Crippen LogP contribution in [-0.2, 0) is 6.42 Å². The van der Waals surface area contributed by atoms with E-state index in [4.69, 9.17) is 0 Å². The normalized spacial score (nSPS) is 20.7. The first kappa shape index (κ1) is 14.2. The molecule has 1 aliphatic rings. The van der Waals surface area contributed by atoms with Crippen LogP contribution in [0.3, 0.4) is 0 Å². The summed E-state index contributed by atoms with van der Waals surface area (Å²) in [5, 5.41) is 10.4. The third-order valence-corrected chi connectivity index (χ3v) is 4.01. The van der Waals surface area contributed by atoms with Gasteiger partial charge in [0.2, 0.25) is 0 Å². The largest absolute Gasteiger partial charge is 0.573 e. The summed E-state index contributed by atoms with van der Waals surface area (Å²) in [7, 11) is 0. The average molecular weight is 274 g/mol. The van der Waals surface area contributed by atoms with Gasteiger partial charge in [-0.05, 0) is 42.9 Å². The predicted molar refractivity (Wildman–Crippen MR) is 64.8 cm³/mol. The van der Waals surface area contributed by atoms with Crippen molar-refractivity contribution in [3.63, 3.8) is 0 Å². The molecule has 0 heterocycles. The van der Waals surface area contributed by atoms with E-state index in [9.17, 15) is 18.3 Å². The van der Waals surface area contributed by atoms with Crippen LogP contribution in [0.15, 0.2) is 24.3 Å². The second kappa shape index (κ2) is 4.40. The van der Waals surface area contributed by atoms with Crippen LogP contribution in [0.5, 0.6) is 5.75 Å². The second-order valence-electron chi connectivity index (χ2n) is 5.70. The molecule has 2 nitrogen and oxygen atoms in total. The monoisotopic (exact) mass is 274 g/mol. The molecule has 5 heteroatoms.